The number of fused-ring (bicyclic) bond motifs is 1. The monoisotopic (exact) mass is 230 g/mol. The average molecular weight is 230 g/mol. The quantitative estimate of drug-likeness (QED) is 0.470. The zero-order chi connectivity index (χ0) is 12.4. The first-order valence-electron chi connectivity index (χ1n) is 4.95. The second kappa shape index (κ2) is 4.21. The number of benzene rings is 1. The predicted molar refractivity (Wildman–Crippen MR) is 62.8 cm³/mol. The third-order valence-electron chi connectivity index (χ3n) is 2.57. The minimum atomic E-state index is -1.02. The van der Waals surface area contributed by atoms with Crippen molar-refractivity contribution in [3.63, 3.8) is 0 Å². The van der Waals surface area contributed by atoms with Crippen LogP contribution in [0.25, 0.3) is 10.9 Å². The van der Waals surface area contributed by atoms with Gasteiger partial charge in [-0.2, -0.15) is 0 Å². The van der Waals surface area contributed by atoms with E-state index in [1.807, 2.05) is 0 Å². The number of carbonyl (C=O) groups is 1. The highest BCUT2D eigenvalue weighted by molar-refractivity contribution is 6.05. The van der Waals surface area contributed by atoms with Gasteiger partial charge in [0.1, 0.15) is 0 Å². The first-order chi connectivity index (χ1) is 8.15. The number of rotatable bonds is 2. The van der Waals surface area contributed by atoms with E-state index < -0.39 is 5.97 Å². The lowest BCUT2D eigenvalue weighted by atomic mass is 10.0. The Morgan fingerprint density at radius 3 is 2.76 bits per heavy atom. The Morgan fingerprint density at radius 1 is 1.41 bits per heavy atom. The molecule has 0 bridgehead atoms. The van der Waals surface area contributed by atoms with Crippen molar-refractivity contribution in [2.24, 2.45) is 5.16 Å². The normalized spacial score (nSPS) is 11.1. The van der Waals surface area contributed by atoms with Crippen molar-refractivity contribution in [3.05, 3.63) is 41.1 Å². The molecule has 1 heterocycles. The van der Waals surface area contributed by atoms with E-state index >= 15 is 0 Å². The summed E-state index contributed by atoms with van der Waals surface area (Å²) in [6, 6.07) is 6.96. The fourth-order valence-corrected chi connectivity index (χ4v) is 1.78. The second-order valence-electron chi connectivity index (χ2n) is 3.56. The molecule has 1 aromatic heterocycles. The number of hydrogen-bond acceptors (Lipinski definition) is 4. The summed E-state index contributed by atoms with van der Waals surface area (Å²) in [7, 11) is 0. The third-order valence-corrected chi connectivity index (χ3v) is 2.57. The van der Waals surface area contributed by atoms with E-state index in [1.165, 1.54) is 0 Å². The van der Waals surface area contributed by atoms with Gasteiger partial charge in [0.05, 0.1) is 23.0 Å². The number of aromatic nitrogens is 1. The van der Waals surface area contributed by atoms with Crippen molar-refractivity contribution in [3.8, 4) is 0 Å². The van der Waals surface area contributed by atoms with Gasteiger partial charge < -0.3 is 10.3 Å². The maximum absolute atomic E-state index is 11.3. The van der Waals surface area contributed by atoms with Gasteiger partial charge >= 0.3 is 5.97 Å². The summed E-state index contributed by atoms with van der Waals surface area (Å²) < 4.78 is 0. The number of para-hydroxylation sites is 1. The topological polar surface area (TPSA) is 82.8 Å². The third kappa shape index (κ3) is 1.82. The van der Waals surface area contributed by atoms with Gasteiger partial charge in [0.2, 0.25) is 0 Å². The van der Waals surface area contributed by atoms with Crippen LogP contribution in [0.1, 0.15) is 21.6 Å². The van der Waals surface area contributed by atoms with Crippen LogP contribution in [0.3, 0.4) is 0 Å². The lowest BCUT2D eigenvalue weighted by Gasteiger charge is -2.08. The van der Waals surface area contributed by atoms with E-state index in [4.69, 9.17) is 5.21 Å². The van der Waals surface area contributed by atoms with Gasteiger partial charge in [-0.25, -0.2) is 9.78 Å². The number of pyridine rings is 1. The molecular weight excluding hydrogens is 220 g/mol. The molecule has 0 amide bonds. The zero-order valence-electron chi connectivity index (χ0n) is 9.08. The molecule has 0 aliphatic heterocycles. The molecular formula is C12H10N2O3. The summed E-state index contributed by atoms with van der Waals surface area (Å²) in [4.78, 5) is 15.5. The molecule has 5 nitrogen and oxygen atoms in total. The maximum atomic E-state index is 11.3. The lowest BCUT2D eigenvalue weighted by Crippen LogP contribution is -2.06. The number of aromatic carboxylic acids is 1. The Balaban J connectivity index is 2.90. The molecule has 0 radical (unpaired) electrons. The molecule has 0 atom stereocenters. The highest BCUT2D eigenvalue weighted by Crippen LogP contribution is 2.22. The summed E-state index contributed by atoms with van der Waals surface area (Å²) in [5.41, 5.74) is 1.58. The van der Waals surface area contributed by atoms with Crippen LogP contribution in [0.4, 0.5) is 0 Å². The molecule has 1 aromatic carbocycles. The summed E-state index contributed by atoms with van der Waals surface area (Å²) in [6.45, 7) is 1.64. The summed E-state index contributed by atoms with van der Waals surface area (Å²) >= 11 is 0. The smallest absolute Gasteiger partial charge is 0.336 e. The molecule has 2 rings (SSSR count). The van der Waals surface area contributed by atoms with Gasteiger partial charge in [-0.05, 0) is 18.6 Å². The van der Waals surface area contributed by atoms with E-state index in [1.54, 1.807) is 31.2 Å². The Hall–Kier alpha value is -2.43. The molecule has 0 unspecified atom stereocenters. The van der Waals surface area contributed by atoms with E-state index in [2.05, 4.69) is 10.1 Å². The van der Waals surface area contributed by atoms with E-state index in [9.17, 15) is 9.90 Å². The van der Waals surface area contributed by atoms with Gasteiger partial charge in [-0.3, -0.25) is 0 Å². The van der Waals surface area contributed by atoms with Crippen LogP contribution in [-0.2, 0) is 0 Å². The summed E-state index contributed by atoms with van der Waals surface area (Å²) in [5, 5.41) is 21.2. The van der Waals surface area contributed by atoms with E-state index in [0.717, 1.165) is 6.21 Å². The minimum Gasteiger partial charge on any atom is -0.478 e. The lowest BCUT2D eigenvalue weighted by molar-refractivity contribution is 0.0698. The standard InChI is InChI=1S/C12H10N2O3/c1-7-10(6-13-17)14-9-5-3-2-4-8(9)11(7)12(15)16/h2-6,17H,1H3,(H,15,16)/b13-6+. The molecule has 2 N–H and O–H groups in total. The van der Waals surface area contributed by atoms with Crippen LogP contribution in [0, 0.1) is 6.92 Å². The number of nitrogens with zero attached hydrogens (tertiary/aromatic N) is 2. The summed E-state index contributed by atoms with van der Waals surface area (Å²) in [5.74, 6) is -1.02. The summed E-state index contributed by atoms with van der Waals surface area (Å²) in [6.07, 6.45) is 1.13. The molecule has 86 valence electrons. The number of hydrogen-bond donors (Lipinski definition) is 2. The first-order valence-corrected chi connectivity index (χ1v) is 4.95. The van der Waals surface area contributed by atoms with Crippen LogP contribution < -0.4 is 0 Å². The minimum absolute atomic E-state index is 0.186. The second-order valence-corrected chi connectivity index (χ2v) is 3.56. The van der Waals surface area contributed by atoms with Gasteiger partial charge in [-0.1, -0.05) is 23.4 Å². The molecule has 0 spiro atoms. The SMILES string of the molecule is Cc1c(/C=N/O)nc2ccccc2c1C(=O)O. The Bertz CT molecular complexity index is 620. The predicted octanol–water partition coefficient (Wildman–Crippen LogP) is 2.05. The van der Waals surface area contributed by atoms with Crippen molar-refractivity contribution in [1.29, 1.82) is 0 Å². The molecule has 17 heavy (non-hydrogen) atoms. The Kier molecular flexibility index (Phi) is 2.74. The van der Waals surface area contributed by atoms with Crippen LogP contribution in [0.15, 0.2) is 29.4 Å². The van der Waals surface area contributed by atoms with Crippen molar-refractivity contribution >= 4 is 23.1 Å². The highest BCUT2D eigenvalue weighted by atomic mass is 16.4. The van der Waals surface area contributed by atoms with Crippen LogP contribution >= 0.6 is 0 Å². The molecule has 2 aromatic rings. The van der Waals surface area contributed by atoms with Crippen LogP contribution in [0.5, 0.6) is 0 Å². The van der Waals surface area contributed by atoms with Crippen LogP contribution in [0.2, 0.25) is 0 Å². The first kappa shape index (κ1) is 11.1. The van der Waals surface area contributed by atoms with E-state index in [-0.39, 0.29) is 5.56 Å². The van der Waals surface area contributed by atoms with Crippen molar-refractivity contribution in [2.75, 3.05) is 0 Å². The maximum Gasteiger partial charge on any atom is 0.336 e. The largest absolute Gasteiger partial charge is 0.478 e. The average Bonchev–Trinajstić information content (AvgIpc) is 2.30. The molecule has 5 heteroatoms. The molecule has 0 aliphatic rings. The van der Waals surface area contributed by atoms with Gasteiger partial charge in [0.15, 0.2) is 0 Å². The van der Waals surface area contributed by atoms with Crippen molar-refractivity contribution in [2.45, 2.75) is 6.92 Å². The van der Waals surface area contributed by atoms with Crippen molar-refractivity contribution in [1.82, 2.24) is 4.98 Å². The van der Waals surface area contributed by atoms with E-state index in [0.29, 0.717) is 22.2 Å². The molecule has 0 fully saturated rings. The van der Waals surface area contributed by atoms with Gasteiger partial charge in [0, 0.05) is 5.39 Å². The number of carboxylic acids is 1. The highest BCUT2D eigenvalue weighted by Gasteiger charge is 2.15. The Morgan fingerprint density at radius 2 is 2.12 bits per heavy atom. The van der Waals surface area contributed by atoms with Crippen LogP contribution in [-0.4, -0.2) is 27.5 Å². The Labute approximate surface area is 97.0 Å². The number of carboxylic acid groups (broad SMARTS) is 1. The molecule has 0 aliphatic carbocycles. The van der Waals surface area contributed by atoms with Gasteiger partial charge in [-0.15, -0.1) is 0 Å². The van der Waals surface area contributed by atoms with Gasteiger partial charge in [0.25, 0.3) is 0 Å². The number of oxime groups is 1. The molecule has 0 saturated heterocycles. The zero-order valence-corrected chi connectivity index (χ0v) is 9.08. The fraction of sp³-hybridized carbons (Fsp3) is 0.0833. The van der Waals surface area contributed by atoms with Crippen molar-refractivity contribution < 1.29 is 15.1 Å². The molecule has 0 saturated carbocycles. The fourth-order valence-electron chi connectivity index (χ4n) is 1.78.